The van der Waals surface area contributed by atoms with Crippen molar-refractivity contribution in [2.24, 2.45) is 0 Å². The highest BCUT2D eigenvalue weighted by Gasteiger charge is 2.11. The van der Waals surface area contributed by atoms with Crippen molar-refractivity contribution in [3.63, 3.8) is 0 Å². The van der Waals surface area contributed by atoms with E-state index in [1.54, 1.807) is 31.3 Å². The molecule has 0 unspecified atom stereocenters. The Labute approximate surface area is 152 Å². The third-order valence-electron chi connectivity index (χ3n) is 3.40. The fourth-order valence-corrected chi connectivity index (χ4v) is 2.90. The molecule has 1 amide bonds. The molecule has 26 heavy (non-hydrogen) atoms. The molecule has 0 heterocycles. The van der Waals surface area contributed by atoms with Crippen LogP contribution >= 0.6 is 11.8 Å². The van der Waals surface area contributed by atoms with Gasteiger partial charge in [0.1, 0.15) is 5.75 Å². The van der Waals surface area contributed by atoms with E-state index in [9.17, 15) is 23.7 Å². The lowest BCUT2D eigenvalue weighted by atomic mass is 10.2. The zero-order valence-electron chi connectivity index (χ0n) is 13.8. The summed E-state index contributed by atoms with van der Waals surface area (Å²) in [6.45, 7) is -2.55. The minimum absolute atomic E-state index is 0.00272. The Balaban J connectivity index is 1.84. The highest BCUT2D eigenvalue weighted by molar-refractivity contribution is 8.00. The molecule has 0 N–H and O–H groups in total. The molecule has 0 radical (unpaired) electrons. The topological polar surface area (TPSA) is 72.7 Å². The van der Waals surface area contributed by atoms with E-state index in [4.69, 9.17) is 0 Å². The summed E-state index contributed by atoms with van der Waals surface area (Å²) >= 11 is 1.28. The molecule has 0 aromatic heterocycles. The SMILES string of the molecule is CN(Cc1ccc(OC(F)F)cc1)C(=O)CSc1ccc([N+](=O)[O-])cc1. The van der Waals surface area contributed by atoms with Crippen LogP contribution in [0.3, 0.4) is 0 Å². The first-order valence-corrected chi connectivity index (χ1v) is 8.48. The summed E-state index contributed by atoms with van der Waals surface area (Å²) in [5.74, 6) is 0.119. The van der Waals surface area contributed by atoms with Crippen molar-refractivity contribution in [2.75, 3.05) is 12.8 Å². The maximum absolute atomic E-state index is 12.2. The molecule has 2 aromatic carbocycles. The number of benzene rings is 2. The van der Waals surface area contributed by atoms with Gasteiger partial charge < -0.3 is 9.64 Å². The first kappa shape index (κ1) is 19.6. The summed E-state index contributed by atoms with van der Waals surface area (Å²) in [4.78, 5) is 24.6. The van der Waals surface area contributed by atoms with E-state index in [1.165, 1.54) is 40.9 Å². The van der Waals surface area contributed by atoms with Crippen LogP contribution in [0.1, 0.15) is 5.56 Å². The van der Waals surface area contributed by atoms with Crippen LogP contribution in [-0.4, -0.2) is 35.1 Å². The predicted octanol–water partition coefficient (Wildman–Crippen LogP) is 3.95. The van der Waals surface area contributed by atoms with E-state index in [-0.39, 0.29) is 23.1 Å². The van der Waals surface area contributed by atoms with Crippen LogP contribution in [-0.2, 0) is 11.3 Å². The Morgan fingerprint density at radius 1 is 1.19 bits per heavy atom. The summed E-state index contributed by atoms with van der Waals surface area (Å²) in [6, 6.07) is 12.0. The summed E-state index contributed by atoms with van der Waals surface area (Å²) in [6.07, 6.45) is 0. The van der Waals surface area contributed by atoms with E-state index < -0.39 is 11.5 Å². The molecule has 2 aromatic rings. The van der Waals surface area contributed by atoms with Gasteiger partial charge in [0, 0.05) is 30.6 Å². The van der Waals surface area contributed by atoms with E-state index in [2.05, 4.69) is 4.74 Å². The molecule has 0 spiro atoms. The first-order valence-electron chi connectivity index (χ1n) is 7.50. The van der Waals surface area contributed by atoms with Gasteiger partial charge in [-0.25, -0.2) is 0 Å². The van der Waals surface area contributed by atoms with Crippen molar-refractivity contribution in [1.29, 1.82) is 0 Å². The number of ether oxygens (including phenoxy) is 1. The number of non-ortho nitro benzene ring substituents is 1. The van der Waals surface area contributed by atoms with Gasteiger partial charge in [-0.3, -0.25) is 14.9 Å². The van der Waals surface area contributed by atoms with Crippen LogP contribution in [0.15, 0.2) is 53.4 Å². The number of amides is 1. The number of carbonyl (C=O) groups excluding carboxylic acids is 1. The standard InChI is InChI=1S/C17H16F2N2O4S/c1-20(10-12-2-6-14(7-3-12)25-17(18)19)16(22)11-26-15-8-4-13(5-9-15)21(23)24/h2-9,17H,10-11H2,1H3. The molecule has 138 valence electrons. The smallest absolute Gasteiger partial charge is 0.387 e. The highest BCUT2D eigenvalue weighted by atomic mass is 32.2. The Bertz CT molecular complexity index is 754. The second-order valence-electron chi connectivity index (χ2n) is 5.31. The number of carbonyl (C=O) groups is 1. The van der Waals surface area contributed by atoms with Crippen LogP contribution < -0.4 is 4.74 Å². The molecule has 2 rings (SSSR count). The number of nitro benzene ring substituents is 1. The lowest BCUT2D eigenvalue weighted by Gasteiger charge is -2.17. The van der Waals surface area contributed by atoms with Gasteiger partial charge in [0.2, 0.25) is 5.91 Å². The molecule has 0 aliphatic carbocycles. The molecular formula is C17H16F2N2O4S. The van der Waals surface area contributed by atoms with Crippen molar-refractivity contribution >= 4 is 23.4 Å². The minimum atomic E-state index is -2.87. The molecule has 9 heteroatoms. The molecule has 0 atom stereocenters. The van der Waals surface area contributed by atoms with Crippen molar-refractivity contribution in [3.05, 3.63) is 64.2 Å². The van der Waals surface area contributed by atoms with Crippen molar-refractivity contribution in [3.8, 4) is 5.75 Å². The summed E-state index contributed by atoms with van der Waals surface area (Å²) in [5.41, 5.74) is 0.778. The van der Waals surface area contributed by atoms with Crippen molar-refractivity contribution < 1.29 is 23.2 Å². The maximum Gasteiger partial charge on any atom is 0.387 e. The number of thioether (sulfide) groups is 1. The molecule has 0 saturated carbocycles. The third-order valence-corrected chi connectivity index (χ3v) is 4.40. The normalized spacial score (nSPS) is 10.6. The Hall–Kier alpha value is -2.68. The van der Waals surface area contributed by atoms with Gasteiger partial charge in [-0.2, -0.15) is 8.78 Å². The number of hydrogen-bond donors (Lipinski definition) is 0. The van der Waals surface area contributed by atoms with E-state index >= 15 is 0 Å². The van der Waals surface area contributed by atoms with Gasteiger partial charge in [0.15, 0.2) is 0 Å². The fraction of sp³-hybridized carbons (Fsp3) is 0.235. The van der Waals surface area contributed by atoms with Gasteiger partial charge in [0.25, 0.3) is 5.69 Å². The van der Waals surface area contributed by atoms with Crippen molar-refractivity contribution in [1.82, 2.24) is 4.90 Å². The first-order chi connectivity index (χ1) is 12.3. The van der Waals surface area contributed by atoms with Gasteiger partial charge in [-0.1, -0.05) is 12.1 Å². The Kier molecular flexibility index (Phi) is 6.90. The highest BCUT2D eigenvalue weighted by Crippen LogP contribution is 2.22. The van der Waals surface area contributed by atoms with Gasteiger partial charge >= 0.3 is 6.61 Å². The summed E-state index contributed by atoms with van der Waals surface area (Å²) in [7, 11) is 1.64. The van der Waals surface area contributed by atoms with Gasteiger partial charge in [-0.15, -0.1) is 11.8 Å². The summed E-state index contributed by atoms with van der Waals surface area (Å²) < 4.78 is 28.5. The van der Waals surface area contributed by atoms with E-state index in [1.807, 2.05) is 0 Å². The van der Waals surface area contributed by atoms with Crippen LogP contribution in [0.4, 0.5) is 14.5 Å². The molecular weight excluding hydrogens is 366 g/mol. The van der Waals surface area contributed by atoms with Crippen LogP contribution in [0, 0.1) is 10.1 Å². The molecule has 0 bridgehead atoms. The summed E-state index contributed by atoms with van der Waals surface area (Å²) in [5, 5.41) is 10.6. The molecule has 0 fully saturated rings. The fourth-order valence-electron chi connectivity index (χ4n) is 2.06. The predicted molar refractivity (Wildman–Crippen MR) is 93.4 cm³/mol. The van der Waals surface area contributed by atoms with Crippen LogP contribution in [0.2, 0.25) is 0 Å². The van der Waals surface area contributed by atoms with Crippen LogP contribution in [0.25, 0.3) is 0 Å². The lowest BCUT2D eigenvalue weighted by Crippen LogP contribution is -2.27. The lowest BCUT2D eigenvalue weighted by molar-refractivity contribution is -0.384. The largest absolute Gasteiger partial charge is 0.435 e. The van der Waals surface area contributed by atoms with E-state index in [0.29, 0.717) is 6.54 Å². The number of halogens is 2. The number of nitro groups is 1. The van der Waals surface area contributed by atoms with E-state index in [0.717, 1.165) is 10.5 Å². The molecule has 0 aliphatic rings. The zero-order valence-corrected chi connectivity index (χ0v) is 14.6. The second kappa shape index (κ2) is 9.14. The number of rotatable bonds is 8. The quantitative estimate of drug-likeness (QED) is 0.393. The van der Waals surface area contributed by atoms with Gasteiger partial charge in [-0.05, 0) is 29.8 Å². The third kappa shape index (κ3) is 5.99. The van der Waals surface area contributed by atoms with Crippen LogP contribution in [0.5, 0.6) is 5.75 Å². The molecule has 6 nitrogen and oxygen atoms in total. The van der Waals surface area contributed by atoms with Gasteiger partial charge in [0.05, 0.1) is 10.7 Å². The molecule has 0 aliphatic heterocycles. The number of alkyl halides is 2. The number of nitrogens with zero attached hydrogens (tertiary/aromatic N) is 2. The molecule has 0 saturated heterocycles. The second-order valence-corrected chi connectivity index (χ2v) is 6.36. The maximum atomic E-state index is 12.2. The average Bonchev–Trinajstić information content (AvgIpc) is 2.61. The van der Waals surface area contributed by atoms with Crippen molar-refractivity contribution in [2.45, 2.75) is 18.1 Å². The monoisotopic (exact) mass is 382 g/mol. The Morgan fingerprint density at radius 3 is 2.35 bits per heavy atom. The number of hydrogen-bond acceptors (Lipinski definition) is 5. The average molecular weight is 382 g/mol. The minimum Gasteiger partial charge on any atom is -0.435 e. The zero-order chi connectivity index (χ0) is 19.1. The Morgan fingerprint density at radius 2 is 1.81 bits per heavy atom.